The highest BCUT2D eigenvalue weighted by molar-refractivity contribution is 5.92. The molecule has 0 amide bonds. The van der Waals surface area contributed by atoms with Crippen LogP contribution in [-0.2, 0) is 47.6 Å². The number of carbonyl (C=O) groups is 5. The monoisotopic (exact) mass is 490 g/mol. The first kappa shape index (κ1) is 24.5. The Morgan fingerprint density at radius 1 is 1.09 bits per heavy atom. The Hall–Kier alpha value is -3.63. The summed E-state index contributed by atoms with van der Waals surface area (Å²) in [6.07, 6.45) is -3.04. The standard InChI is InChI=1S/C24H26O11/c1-10-6-16(32-21(27)11(2)8-30-13(4)25)18-12(3)22(28)34-20(18)19-15(10)7-17-24(19,9-31-14(5)26)35-23(29)33-17/h15-20H,1-3,6-9H2,4-5H3/t15-,16-,17-,18+,19-,20-,24-/m0/s1. The van der Waals surface area contributed by atoms with Crippen LogP contribution < -0.4 is 0 Å². The van der Waals surface area contributed by atoms with Crippen LogP contribution in [0.4, 0.5) is 4.79 Å². The van der Waals surface area contributed by atoms with Crippen molar-refractivity contribution in [3.8, 4) is 0 Å². The van der Waals surface area contributed by atoms with Crippen molar-refractivity contribution >= 4 is 30.0 Å². The van der Waals surface area contributed by atoms with Crippen LogP contribution in [0.3, 0.4) is 0 Å². The first-order chi connectivity index (χ1) is 16.4. The quantitative estimate of drug-likeness (QED) is 0.232. The van der Waals surface area contributed by atoms with Crippen molar-refractivity contribution in [2.24, 2.45) is 17.8 Å². The topological polar surface area (TPSA) is 141 Å². The Morgan fingerprint density at radius 2 is 1.77 bits per heavy atom. The average Bonchev–Trinajstić information content (AvgIpc) is 3.33. The minimum Gasteiger partial charge on any atom is -0.461 e. The van der Waals surface area contributed by atoms with E-state index in [1.807, 2.05) is 0 Å². The molecule has 4 rings (SSSR count). The lowest BCUT2D eigenvalue weighted by atomic mass is 9.76. The van der Waals surface area contributed by atoms with Gasteiger partial charge < -0.3 is 28.4 Å². The van der Waals surface area contributed by atoms with Crippen molar-refractivity contribution in [1.82, 2.24) is 0 Å². The molecule has 0 unspecified atom stereocenters. The molecule has 0 radical (unpaired) electrons. The van der Waals surface area contributed by atoms with Gasteiger partial charge in [-0.1, -0.05) is 25.3 Å². The normalized spacial score (nSPS) is 34.9. The molecule has 11 heteroatoms. The molecule has 2 saturated carbocycles. The zero-order chi connectivity index (χ0) is 25.7. The number of hydrogen-bond donors (Lipinski definition) is 0. The Labute approximate surface area is 201 Å². The van der Waals surface area contributed by atoms with E-state index in [0.717, 1.165) is 0 Å². The molecule has 2 aliphatic heterocycles. The zero-order valence-corrected chi connectivity index (χ0v) is 19.4. The van der Waals surface area contributed by atoms with Crippen molar-refractivity contribution < 1.29 is 52.4 Å². The van der Waals surface area contributed by atoms with Gasteiger partial charge in [0.2, 0.25) is 0 Å². The van der Waals surface area contributed by atoms with Crippen LogP contribution in [0.25, 0.3) is 0 Å². The fourth-order valence-corrected chi connectivity index (χ4v) is 5.53. The van der Waals surface area contributed by atoms with Gasteiger partial charge >= 0.3 is 30.0 Å². The summed E-state index contributed by atoms with van der Waals surface area (Å²) in [4.78, 5) is 60.1. The lowest BCUT2D eigenvalue weighted by molar-refractivity contribution is -0.163. The molecule has 0 aromatic carbocycles. The molecule has 2 saturated heterocycles. The number of esters is 4. The Morgan fingerprint density at radius 3 is 2.43 bits per heavy atom. The molecule has 0 spiro atoms. The maximum atomic E-state index is 12.7. The molecule has 0 bridgehead atoms. The lowest BCUT2D eigenvalue weighted by Gasteiger charge is -2.36. The van der Waals surface area contributed by atoms with Gasteiger partial charge in [0.1, 0.15) is 31.5 Å². The first-order valence-electron chi connectivity index (χ1n) is 11.1. The molecule has 11 nitrogen and oxygen atoms in total. The number of rotatable bonds is 6. The van der Waals surface area contributed by atoms with E-state index < -0.39 is 65.8 Å². The summed E-state index contributed by atoms with van der Waals surface area (Å²) in [7, 11) is 0. The average molecular weight is 490 g/mol. The predicted octanol–water partition coefficient (Wildman–Crippen LogP) is 1.55. The summed E-state index contributed by atoms with van der Waals surface area (Å²) in [5.41, 5.74) is -0.759. The smallest absolute Gasteiger partial charge is 0.461 e. The summed E-state index contributed by atoms with van der Waals surface area (Å²) in [6.45, 7) is 13.4. The van der Waals surface area contributed by atoms with Gasteiger partial charge in [-0.3, -0.25) is 9.59 Å². The highest BCUT2D eigenvalue weighted by Gasteiger charge is 2.71. The van der Waals surface area contributed by atoms with E-state index in [9.17, 15) is 24.0 Å². The van der Waals surface area contributed by atoms with Gasteiger partial charge in [0.25, 0.3) is 0 Å². The Bertz CT molecular complexity index is 1040. The van der Waals surface area contributed by atoms with Gasteiger partial charge in [0, 0.05) is 25.8 Å². The maximum Gasteiger partial charge on any atom is 0.509 e. The minimum atomic E-state index is -1.41. The van der Waals surface area contributed by atoms with Crippen molar-refractivity contribution in [2.75, 3.05) is 13.2 Å². The van der Waals surface area contributed by atoms with Crippen LogP contribution in [-0.4, -0.2) is 67.2 Å². The summed E-state index contributed by atoms with van der Waals surface area (Å²) in [5, 5.41) is 0. The maximum absolute atomic E-state index is 12.7. The summed E-state index contributed by atoms with van der Waals surface area (Å²) >= 11 is 0. The van der Waals surface area contributed by atoms with Gasteiger partial charge in [-0.05, 0) is 12.3 Å². The zero-order valence-electron chi connectivity index (χ0n) is 19.4. The van der Waals surface area contributed by atoms with Crippen LogP contribution in [0.5, 0.6) is 0 Å². The van der Waals surface area contributed by atoms with E-state index in [4.69, 9.17) is 28.4 Å². The van der Waals surface area contributed by atoms with E-state index in [-0.39, 0.29) is 36.7 Å². The van der Waals surface area contributed by atoms with Crippen LogP contribution >= 0.6 is 0 Å². The number of fused-ring (bicyclic) bond motifs is 5. The molecule has 0 aromatic rings. The lowest BCUT2D eigenvalue weighted by Crippen LogP contribution is -2.53. The highest BCUT2D eigenvalue weighted by Crippen LogP contribution is 2.58. The molecule has 35 heavy (non-hydrogen) atoms. The van der Waals surface area contributed by atoms with Gasteiger partial charge in [-0.15, -0.1) is 0 Å². The Kier molecular flexibility index (Phi) is 6.20. The van der Waals surface area contributed by atoms with Crippen molar-refractivity contribution in [3.05, 3.63) is 36.5 Å². The van der Waals surface area contributed by atoms with E-state index in [2.05, 4.69) is 19.7 Å². The first-order valence-corrected chi connectivity index (χ1v) is 11.1. The molecular formula is C24H26O11. The highest BCUT2D eigenvalue weighted by atomic mass is 16.8. The number of carbonyl (C=O) groups excluding carboxylic acids is 5. The van der Waals surface area contributed by atoms with Crippen molar-refractivity contribution in [1.29, 1.82) is 0 Å². The molecular weight excluding hydrogens is 464 g/mol. The molecule has 4 aliphatic rings. The van der Waals surface area contributed by atoms with E-state index >= 15 is 0 Å². The van der Waals surface area contributed by atoms with Crippen LogP contribution in [0.1, 0.15) is 26.7 Å². The van der Waals surface area contributed by atoms with E-state index in [0.29, 0.717) is 12.0 Å². The van der Waals surface area contributed by atoms with Crippen LogP contribution in [0, 0.1) is 17.8 Å². The molecule has 188 valence electrons. The third kappa shape index (κ3) is 4.19. The van der Waals surface area contributed by atoms with E-state index in [1.54, 1.807) is 0 Å². The minimum absolute atomic E-state index is 0.0863. The number of hydrogen-bond acceptors (Lipinski definition) is 11. The summed E-state index contributed by atoms with van der Waals surface area (Å²) < 4.78 is 32.4. The molecule has 2 aliphatic carbocycles. The van der Waals surface area contributed by atoms with Crippen LogP contribution in [0.15, 0.2) is 36.5 Å². The van der Waals surface area contributed by atoms with Crippen LogP contribution in [0.2, 0.25) is 0 Å². The predicted molar refractivity (Wildman–Crippen MR) is 114 cm³/mol. The number of ether oxygens (including phenoxy) is 6. The molecule has 0 aromatic heterocycles. The summed E-state index contributed by atoms with van der Waals surface area (Å²) in [5.74, 6) is -4.51. The second-order valence-corrected chi connectivity index (χ2v) is 9.17. The van der Waals surface area contributed by atoms with Gasteiger partial charge in [-0.2, -0.15) is 0 Å². The molecule has 0 N–H and O–H groups in total. The van der Waals surface area contributed by atoms with E-state index in [1.165, 1.54) is 13.8 Å². The largest absolute Gasteiger partial charge is 0.509 e. The second-order valence-electron chi connectivity index (χ2n) is 9.17. The third-order valence-electron chi connectivity index (χ3n) is 7.02. The van der Waals surface area contributed by atoms with Crippen molar-refractivity contribution in [2.45, 2.75) is 50.6 Å². The van der Waals surface area contributed by atoms with Gasteiger partial charge in [-0.25, -0.2) is 14.4 Å². The van der Waals surface area contributed by atoms with Gasteiger partial charge in [0.15, 0.2) is 5.60 Å². The molecule has 2 heterocycles. The third-order valence-corrected chi connectivity index (χ3v) is 7.02. The molecule has 7 atom stereocenters. The fourth-order valence-electron chi connectivity index (χ4n) is 5.53. The Balaban J connectivity index is 1.67. The fraction of sp³-hybridized carbons (Fsp3) is 0.542. The summed E-state index contributed by atoms with van der Waals surface area (Å²) in [6, 6.07) is 0. The van der Waals surface area contributed by atoms with Gasteiger partial charge in [0.05, 0.1) is 17.4 Å². The molecule has 4 fully saturated rings. The van der Waals surface area contributed by atoms with Crippen molar-refractivity contribution in [3.63, 3.8) is 0 Å². The second kappa shape index (κ2) is 8.86. The SMILES string of the molecule is C=C(COC(C)=O)C(=O)O[C@H]1CC(=C)[C@@H]2C[C@@H]3OC(=O)O[C@]3(COC(C)=O)[C@@H]2[C@H]2OC(=O)C(=C)[C@@H]21.